The van der Waals surface area contributed by atoms with Gasteiger partial charge in [0.25, 0.3) is 0 Å². The van der Waals surface area contributed by atoms with Crippen LogP contribution < -0.4 is 0 Å². The molecule has 22 heavy (non-hydrogen) atoms. The minimum atomic E-state index is -1.28. The van der Waals surface area contributed by atoms with Crippen LogP contribution in [-0.4, -0.2) is 11.6 Å². The number of thiophene rings is 1. The lowest BCUT2D eigenvalue weighted by molar-refractivity contribution is -0.120. The van der Waals surface area contributed by atoms with Gasteiger partial charge < -0.3 is 0 Å². The number of benzene rings is 1. The van der Waals surface area contributed by atoms with E-state index in [1.165, 1.54) is 23.5 Å². The Balaban J connectivity index is 2.08. The van der Waals surface area contributed by atoms with Gasteiger partial charge in [0.2, 0.25) is 0 Å². The van der Waals surface area contributed by atoms with Crippen LogP contribution in [0.4, 0.5) is 4.39 Å². The smallest absolute Gasteiger partial charge is 0.188 e. The van der Waals surface area contributed by atoms with Crippen LogP contribution in [0.2, 0.25) is 0 Å². The molecule has 0 aliphatic rings. The summed E-state index contributed by atoms with van der Waals surface area (Å²) in [6, 6.07) is 9.28. The van der Waals surface area contributed by atoms with E-state index in [1.807, 2.05) is 6.92 Å². The summed E-state index contributed by atoms with van der Waals surface area (Å²) in [4.78, 5) is 24.4. The fourth-order valence-electron chi connectivity index (χ4n) is 2.18. The van der Waals surface area contributed by atoms with Gasteiger partial charge in [-0.15, -0.1) is 0 Å². The molecule has 2 aromatic rings. The molecule has 2 atom stereocenters. The molecule has 5 heteroatoms. The molecule has 0 saturated heterocycles. The van der Waals surface area contributed by atoms with E-state index in [1.54, 1.807) is 35.0 Å². The Morgan fingerprint density at radius 3 is 2.50 bits per heavy atom. The van der Waals surface area contributed by atoms with Crippen molar-refractivity contribution in [3.63, 3.8) is 0 Å². The molecule has 0 unspecified atom stereocenters. The summed E-state index contributed by atoms with van der Waals surface area (Å²) in [5.74, 6) is -2.67. The molecule has 0 aliphatic carbocycles. The second-order valence-electron chi connectivity index (χ2n) is 5.06. The van der Waals surface area contributed by atoms with Crippen LogP contribution in [0.5, 0.6) is 0 Å². The highest BCUT2D eigenvalue weighted by Gasteiger charge is 2.28. The molecule has 0 aliphatic heterocycles. The average Bonchev–Trinajstić information content (AvgIpc) is 3.02. The maximum Gasteiger partial charge on any atom is 0.188 e. The topological polar surface area (TPSA) is 57.9 Å². The summed E-state index contributed by atoms with van der Waals surface area (Å²) in [7, 11) is 0. The van der Waals surface area contributed by atoms with Crippen molar-refractivity contribution in [2.75, 3.05) is 0 Å². The highest BCUT2D eigenvalue weighted by molar-refractivity contribution is 7.08. The molecule has 2 rings (SSSR count). The summed E-state index contributed by atoms with van der Waals surface area (Å²) < 4.78 is 12.9. The fraction of sp³-hybridized carbons (Fsp3) is 0.235. The molecule has 1 aromatic carbocycles. The largest absolute Gasteiger partial charge is 0.298 e. The lowest BCUT2D eigenvalue weighted by Crippen LogP contribution is -2.23. The zero-order valence-electron chi connectivity index (χ0n) is 12.0. The van der Waals surface area contributed by atoms with Crippen molar-refractivity contribution >= 4 is 22.9 Å². The van der Waals surface area contributed by atoms with Gasteiger partial charge in [0.05, 0.1) is 6.07 Å². The molecule has 0 fully saturated rings. The van der Waals surface area contributed by atoms with Gasteiger partial charge in [0, 0.05) is 17.4 Å². The van der Waals surface area contributed by atoms with Gasteiger partial charge in [-0.05, 0) is 35.1 Å². The molecule has 1 aromatic heterocycles. The Kier molecular flexibility index (Phi) is 5.18. The molecule has 1 heterocycles. The Bertz CT molecular complexity index is 701. The number of nitrogens with zero attached hydrogens (tertiary/aromatic N) is 1. The molecule has 3 nitrogen and oxygen atoms in total. The van der Waals surface area contributed by atoms with Crippen molar-refractivity contribution in [1.82, 2.24) is 0 Å². The number of hydrogen-bond acceptors (Lipinski definition) is 4. The first kappa shape index (κ1) is 16.1. The van der Waals surface area contributed by atoms with Crippen LogP contribution in [0.15, 0.2) is 41.1 Å². The van der Waals surface area contributed by atoms with Crippen LogP contribution in [-0.2, 0) is 4.79 Å². The van der Waals surface area contributed by atoms with Gasteiger partial charge >= 0.3 is 0 Å². The number of Topliss-reactive ketones (excluding diaryl/α,β-unsaturated/α-hetero) is 2. The van der Waals surface area contributed by atoms with Crippen molar-refractivity contribution in [1.29, 1.82) is 5.26 Å². The molecule has 0 saturated carbocycles. The van der Waals surface area contributed by atoms with Crippen LogP contribution in [0.3, 0.4) is 0 Å². The van der Waals surface area contributed by atoms with E-state index in [0.29, 0.717) is 5.56 Å². The lowest BCUT2D eigenvalue weighted by Gasteiger charge is -2.13. The van der Waals surface area contributed by atoms with Crippen LogP contribution in [0.25, 0.3) is 0 Å². The molecule has 0 N–H and O–H groups in total. The first-order valence-electron chi connectivity index (χ1n) is 6.77. The van der Waals surface area contributed by atoms with E-state index in [4.69, 9.17) is 5.26 Å². The minimum absolute atomic E-state index is 0.0692. The quantitative estimate of drug-likeness (QED) is 0.598. The molecule has 0 bridgehead atoms. The zero-order chi connectivity index (χ0) is 16.1. The van der Waals surface area contributed by atoms with Crippen molar-refractivity contribution in [2.24, 2.45) is 5.92 Å². The summed E-state index contributed by atoms with van der Waals surface area (Å²) in [5, 5.41) is 12.5. The molecule has 0 radical (unpaired) electrons. The third kappa shape index (κ3) is 3.66. The number of carbonyl (C=O) groups is 2. The maximum absolute atomic E-state index is 12.9. The lowest BCUT2D eigenvalue weighted by atomic mass is 9.88. The molecular formula is C17H14FNO2S. The van der Waals surface area contributed by atoms with E-state index < -0.39 is 17.5 Å². The van der Waals surface area contributed by atoms with Crippen LogP contribution in [0, 0.1) is 23.1 Å². The van der Waals surface area contributed by atoms with Gasteiger partial charge in [-0.1, -0.05) is 19.1 Å². The highest BCUT2D eigenvalue weighted by atomic mass is 32.1. The first-order valence-corrected chi connectivity index (χ1v) is 7.71. The average molecular weight is 315 g/mol. The molecular weight excluding hydrogens is 301 g/mol. The van der Waals surface area contributed by atoms with Gasteiger partial charge in [0.1, 0.15) is 5.82 Å². The van der Waals surface area contributed by atoms with Gasteiger partial charge in [-0.25, -0.2) is 4.39 Å². The number of ketones is 2. The second-order valence-corrected chi connectivity index (χ2v) is 5.84. The maximum atomic E-state index is 12.9. The summed E-state index contributed by atoms with van der Waals surface area (Å²) in [5.41, 5.74) is 1.19. The fourth-order valence-corrected chi connectivity index (χ4v) is 2.82. The summed E-state index contributed by atoms with van der Waals surface area (Å²) in [6.07, 6.45) is 0.0692. The van der Waals surface area contributed by atoms with Crippen LogP contribution in [0.1, 0.15) is 35.2 Å². The third-order valence-corrected chi connectivity index (χ3v) is 4.15. The van der Waals surface area contributed by atoms with E-state index in [2.05, 4.69) is 0 Å². The van der Waals surface area contributed by atoms with Crippen molar-refractivity contribution < 1.29 is 14.0 Å². The minimum Gasteiger partial charge on any atom is -0.298 e. The molecule has 0 spiro atoms. The standard InChI is InChI=1S/C17H14FNO2S/c1-11(12-2-4-14(18)5-3-12)8-16(20)15(9-19)17(21)13-6-7-22-10-13/h2-7,10-11,15H,8H2,1H3/t11-,15+/m0/s1. The Labute approximate surface area is 132 Å². The predicted molar refractivity (Wildman–Crippen MR) is 82.2 cm³/mol. The number of nitriles is 1. The van der Waals surface area contributed by atoms with Crippen molar-refractivity contribution in [3.05, 3.63) is 58.0 Å². The first-order chi connectivity index (χ1) is 10.5. The van der Waals surface area contributed by atoms with E-state index in [0.717, 1.165) is 5.56 Å². The SMILES string of the molecule is C[C@@H](CC(=O)[C@@H](C#N)C(=O)c1ccsc1)c1ccc(F)cc1. The zero-order valence-corrected chi connectivity index (χ0v) is 12.8. The number of rotatable bonds is 6. The predicted octanol–water partition coefficient (Wildman–Crippen LogP) is 3.97. The van der Waals surface area contributed by atoms with E-state index in [9.17, 15) is 14.0 Å². The van der Waals surface area contributed by atoms with Crippen molar-refractivity contribution in [2.45, 2.75) is 19.3 Å². The van der Waals surface area contributed by atoms with Gasteiger partial charge in [-0.2, -0.15) is 16.6 Å². The van der Waals surface area contributed by atoms with E-state index >= 15 is 0 Å². The third-order valence-electron chi connectivity index (χ3n) is 3.47. The summed E-state index contributed by atoms with van der Waals surface area (Å²) >= 11 is 1.34. The number of carbonyl (C=O) groups excluding carboxylic acids is 2. The van der Waals surface area contributed by atoms with Gasteiger partial charge in [0.15, 0.2) is 17.5 Å². The highest BCUT2D eigenvalue weighted by Crippen LogP contribution is 2.23. The second kappa shape index (κ2) is 7.10. The molecule has 0 amide bonds. The monoisotopic (exact) mass is 315 g/mol. The van der Waals surface area contributed by atoms with Crippen LogP contribution >= 0.6 is 11.3 Å². The summed E-state index contributed by atoms with van der Waals surface area (Å²) in [6.45, 7) is 1.81. The number of hydrogen-bond donors (Lipinski definition) is 0. The molecule has 112 valence electrons. The Hall–Kier alpha value is -2.32. The Morgan fingerprint density at radius 1 is 1.27 bits per heavy atom. The number of halogens is 1. The van der Waals surface area contributed by atoms with E-state index in [-0.39, 0.29) is 18.2 Å². The normalized spacial score (nSPS) is 13.1. The van der Waals surface area contributed by atoms with Gasteiger partial charge in [-0.3, -0.25) is 9.59 Å². The Morgan fingerprint density at radius 2 is 1.95 bits per heavy atom. The van der Waals surface area contributed by atoms with Crippen molar-refractivity contribution in [3.8, 4) is 6.07 Å².